The van der Waals surface area contributed by atoms with Crippen molar-refractivity contribution >= 4 is 44.4 Å². The van der Waals surface area contributed by atoms with Gasteiger partial charge in [-0.2, -0.15) is 0 Å². The molecule has 0 aromatic heterocycles. The predicted octanol–water partition coefficient (Wildman–Crippen LogP) is 3.60. The Morgan fingerprint density at radius 1 is 1.50 bits per heavy atom. The molecule has 0 saturated carbocycles. The standard InChI is InChI=1S/C13H17BrINO2/c1-4-18-13(2,3)8-16-12(17)10-7-9(15)5-6-11(10)14/h5-7H,4,8H2,1-3H3,(H,16,17). The van der Waals surface area contributed by atoms with Gasteiger partial charge >= 0.3 is 0 Å². The lowest BCUT2D eigenvalue weighted by atomic mass is 10.1. The first-order chi connectivity index (χ1) is 8.35. The third-order valence-corrected chi connectivity index (χ3v) is 3.75. The van der Waals surface area contributed by atoms with Crippen LogP contribution in [-0.2, 0) is 4.74 Å². The average Bonchev–Trinajstić information content (AvgIpc) is 2.29. The first-order valence-electron chi connectivity index (χ1n) is 5.73. The number of nitrogens with one attached hydrogen (secondary N) is 1. The number of amides is 1. The van der Waals surface area contributed by atoms with Crippen molar-refractivity contribution in [1.82, 2.24) is 5.32 Å². The van der Waals surface area contributed by atoms with E-state index in [-0.39, 0.29) is 11.5 Å². The molecule has 1 aromatic rings. The second-order valence-corrected chi connectivity index (χ2v) is 6.60. The first kappa shape index (κ1) is 15.9. The van der Waals surface area contributed by atoms with Gasteiger partial charge in [-0.25, -0.2) is 0 Å². The second kappa shape index (κ2) is 6.86. The maximum atomic E-state index is 12.1. The Balaban J connectivity index is 2.69. The summed E-state index contributed by atoms with van der Waals surface area (Å²) in [5.74, 6) is -0.0897. The molecule has 0 heterocycles. The smallest absolute Gasteiger partial charge is 0.252 e. The highest BCUT2D eigenvalue weighted by Gasteiger charge is 2.19. The average molecular weight is 426 g/mol. The molecule has 0 aliphatic carbocycles. The summed E-state index contributed by atoms with van der Waals surface area (Å²) in [7, 11) is 0. The van der Waals surface area contributed by atoms with Crippen LogP contribution in [0.2, 0.25) is 0 Å². The summed E-state index contributed by atoms with van der Waals surface area (Å²) in [5.41, 5.74) is 0.299. The van der Waals surface area contributed by atoms with Crippen LogP contribution in [0.3, 0.4) is 0 Å². The minimum absolute atomic E-state index is 0.0897. The van der Waals surface area contributed by atoms with Crippen molar-refractivity contribution in [1.29, 1.82) is 0 Å². The number of ether oxygens (including phenoxy) is 1. The summed E-state index contributed by atoms with van der Waals surface area (Å²) in [5, 5.41) is 2.89. The fraction of sp³-hybridized carbons (Fsp3) is 0.462. The van der Waals surface area contributed by atoms with Crippen LogP contribution in [0.1, 0.15) is 31.1 Å². The zero-order chi connectivity index (χ0) is 13.8. The molecule has 0 aliphatic heterocycles. The fourth-order valence-electron chi connectivity index (χ4n) is 1.50. The lowest BCUT2D eigenvalue weighted by molar-refractivity contribution is -0.00815. The van der Waals surface area contributed by atoms with Gasteiger partial charge in [-0.1, -0.05) is 0 Å². The SMILES string of the molecule is CCOC(C)(C)CNC(=O)c1cc(I)ccc1Br. The Hall–Kier alpha value is -0.140. The van der Waals surface area contributed by atoms with E-state index in [9.17, 15) is 4.79 Å². The van der Waals surface area contributed by atoms with Gasteiger partial charge in [0.1, 0.15) is 0 Å². The zero-order valence-electron chi connectivity index (χ0n) is 10.7. The summed E-state index contributed by atoms with van der Waals surface area (Å²) in [4.78, 5) is 12.1. The molecular weight excluding hydrogens is 409 g/mol. The van der Waals surface area contributed by atoms with Gasteiger partial charge in [-0.3, -0.25) is 4.79 Å². The molecule has 0 spiro atoms. The summed E-state index contributed by atoms with van der Waals surface area (Å²) in [6.07, 6.45) is 0. The lowest BCUT2D eigenvalue weighted by Gasteiger charge is -2.25. The molecule has 1 N–H and O–H groups in total. The van der Waals surface area contributed by atoms with E-state index in [0.717, 1.165) is 8.04 Å². The Morgan fingerprint density at radius 3 is 2.78 bits per heavy atom. The third-order valence-electron chi connectivity index (χ3n) is 2.38. The number of hydrogen-bond acceptors (Lipinski definition) is 2. The third kappa shape index (κ3) is 4.85. The topological polar surface area (TPSA) is 38.3 Å². The lowest BCUT2D eigenvalue weighted by Crippen LogP contribution is -2.40. The highest BCUT2D eigenvalue weighted by Crippen LogP contribution is 2.19. The number of benzene rings is 1. The second-order valence-electron chi connectivity index (χ2n) is 4.50. The van der Waals surface area contributed by atoms with Gasteiger partial charge < -0.3 is 10.1 Å². The van der Waals surface area contributed by atoms with E-state index >= 15 is 0 Å². The number of carbonyl (C=O) groups is 1. The van der Waals surface area contributed by atoms with E-state index in [1.54, 1.807) is 0 Å². The van der Waals surface area contributed by atoms with Gasteiger partial charge in [0.05, 0.1) is 11.2 Å². The van der Waals surface area contributed by atoms with Gasteiger partial charge in [0.15, 0.2) is 0 Å². The van der Waals surface area contributed by atoms with E-state index < -0.39 is 0 Å². The van der Waals surface area contributed by atoms with E-state index in [1.165, 1.54) is 0 Å². The molecule has 0 fully saturated rings. The molecule has 0 saturated heterocycles. The van der Waals surface area contributed by atoms with E-state index in [0.29, 0.717) is 18.7 Å². The Bertz CT molecular complexity index is 435. The zero-order valence-corrected chi connectivity index (χ0v) is 14.5. The number of rotatable bonds is 5. The molecule has 1 rings (SSSR count). The Morgan fingerprint density at radius 2 is 2.17 bits per heavy atom. The molecule has 100 valence electrons. The van der Waals surface area contributed by atoms with Gasteiger partial charge in [0.2, 0.25) is 0 Å². The summed E-state index contributed by atoms with van der Waals surface area (Å²) in [6.45, 7) is 6.98. The van der Waals surface area contributed by atoms with Crippen molar-refractivity contribution in [3.8, 4) is 0 Å². The molecular formula is C13H17BrINO2. The highest BCUT2D eigenvalue weighted by molar-refractivity contribution is 14.1. The van der Waals surface area contributed by atoms with Crippen LogP contribution in [0.4, 0.5) is 0 Å². The van der Waals surface area contributed by atoms with Crippen molar-refractivity contribution in [3.05, 3.63) is 31.8 Å². The number of carbonyl (C=O) groups excluding carboxylic acids is 1. The molecule has 3 nitrogen and oxygen atoms in total. The quantitative estimate of drug-likeness (QED) is 0.732. The molecule has 0 bridgehead atoms. The summed E-state index contributed by atoms with van der Waals surface area (Å²) >= 11 is 5.57. The van der Waals surface area contributed by atoms with Crippen LogP contribution in [0.25, 0.3) is 0 Å². The van der Waals surface area contributed by atoms with Crippen molar-refractivity contribution in [2.24, 2.45) is 0 Å². The van der Waals surface area contributed by atoms with Crippen LogP contribution in [0, 0.1) is 3.57 Å². The normalized spacial score (nSPS) is 11.4. The molecule has 18 heavy (non-hydrogen) atoms. The molecule has 0 radical (unpaired) electrons. The molecule has 5 heteroatoms. The summed E-state index contributed by atoms with van der Waals surface area (Å²) in [6, 6.07) is 5.68. The van der Waals surface area contributed by atoms with E-state index in [2.05, 4.69) is 43.8 Å². The van der Waals surface area contributed by atoms with Gasteiger partial charge in [0.25, 0.3) is 5.91 Å². The van der Waals surface area contributed by atoms with Gasteiger partial charge in [-0.15, -0.1) is 0 Å². The largest absolute Gasteiger partial charge is 0.374 e. The van der Waals surface area contributed by atoms with Crippen molar-refractivity contribution in [2.75, 3.05) is 13.2 Å². The maximum Gasteiger partial charge on any atom is 0.252 e. The Labute approximate surface area is 130 Å². The molecule has 1 amide bonds. The van der Waals surface area contributed by atoms with Crippen molar-refractivity contribution in [2.45, 2.75) is 26.4 Å². The number of halogens is 2. The minimum Gasteiger partial charge on any atom is -0.374 e. The monoisotopic (exact) mass is 425 g/mol. The van der Waals surface area contributed by atoms with Crippen LogP contribution in [-0.4, -0.2) is 24.7 Å². The maximum absolute atomic E-state index is 12.1. The first-order valence-corrected chi connectivity index (χ1v) is 7.60. The molecule has 0 atom stereocenters. The van der Waals surface area contributed by atoms with E-state index in [4.69, 9.17) is 4.74 Å². The summed E-state index contributed by atoms with van der Waals surface area (Å²) < 4.78 is 7.37. The molecule has 0 aliphatic rings. The van der Waals surface area contributed by atoms with Crippen LogP contribution < -0.4 is 5.32 Å². The van der Waals surface area contributed by atoms with Crippen LogP contribution >= 0.6 is 38.5 Å². The number of hydrogen-bond donors (Lipinski definition) is 1. The fourth-order valence-corrected chi connectivity index (χ4v) is 2.42. The minimum atomic E-state index is -0.348. The van der Waals surface area contributed by atoms with Crippen LogP contribution in [0.5, 0.6) is 0 Å². The molecule has 0 unspecified atom stereocenters. The van der Waals surface area contributed by atoms with Gasteiger partial charge in [-0.05, 0) is 77.5 Å². The van der Waals surface area contributed by atoms with Crippen molar-refractivity contribution < 1.29 is 9.53 Å². The molecule has 1 aromatic carbocycles. The predicted molar refractivity (Wildman–Crippen MR) is 84.9 cm³/mol. The van der Waals surface area contributed by atoms with Crippen molar-refractivity contribution in [3.63, 3.8) is 0 Å². The van der Waals surface area contributed by atoms with Crippen LogP contribution in [0.15, 0.2) is 22.7 Å². The Kier molecular flexibility index (Phi) is 6.07. The van der Waals surface area contributed by atoms with Gasteiger partial charge in [0, 0.05) is 21.2 Å². The van der Waals surface area contributed by atoms with E-state index in [1.807, 2.05) is 39.0 Å². The highest BCUT2D eigenvalue weighted by atomic mass is 127.